The van der Waals surface area contributed by atoms with Crippen molar-refractivity contribution in [1.82, 2.24) is 34.4 Å². The van der Waals surface area contributed by atoms with Gasteiger partial charge in [-0.05, 0) is 31.4 Å². The van der Waals surface area contributed by atoms with E-state index in [1.165, 1.54) is 22.4 Å². The number of aromatic nitrogens is 6. The molecule has 2 aliphatic rings. The van der Waals surface area contributed by atoms with Crippen LogP contribution in [-0.4, -0.2) is 67.2 Å². The van der Waals surface area contributed by atoms with Crippen LogP contribution in [0.3, 0.4) is 0 Å². The Morgan fingerprint density at radius 3 is 2.72 bits per heavy atom. The van der Waals surface area contributed by atoms with Crippen LogP contribution in [0.4, 0.5) is 5.82 Å². The topological polar surface area (TPSA) is 85.0 Å². The quantitative estimate of drug-likeness (QED) is 0.626. The fraction of sp³-hybridized carbons (Fsp3) is 0.450. The van der Waals surface area contributed by atoms with E-state index < -0.39 is 0 Å². The Balaban J connectivity index is 1.21. The monoisotopic (exact) mass is 392 g/mol. The zero-order valence-electron chi connectivity index (χ0n) is 16.3. The van der Waals surface area contributed by atoms with Crippen LogP contribution < -0.4 is 10.5 Å². The number of anilines is 1. The number of rotatable bonds is 5. The van der Waals surface area contributed by atoms with E-state index in [4.69, 9.17) is 0 Å². The summed E-state index contributed by atoms with van der Waals surface area (Å²) in [4.78, 5) is 26.0. The maximum atomic E-state index is 12.2. The molecule has 150 valence electrons. The predicted molar refractivity (Wildman–Crippen MR) is 108 cm³/mol. The lowest BCUT2D eigenvalue weighted by Crippen LogP contribution is -2.48. The van der Waals surface area contributed by atoms with Gasteiger partial charge < -0.3 is 4.90 Å². The molecule has 9 nitrogen and oxygen atoms in total. The first kappa shape index (κ1) is 18.0. The molecule has 0 atom stereocenters. The van der Waals surface area contributed by atoms with Crippen molar-refractivity contribution in [2.24, 2.45) is 0 Å². The van der Waals surface area contributed by atoms with E-state index in [0.29, 0.717) is 12.4 Å². The van der Waals surface area contributed by atoms with Crippen molar-refractivity contribution in [3.05, 3.63) is 58.5 Å². The Hall–Kier alpha value is -3.07. The molecule has 3 aromatic heterocycles. The van der Waals surface area contributed by atoms with Crippen molar-refractivity contribution in [2.45, 2.75) is 25.8 Å². The summed E-state index contributed by atoms with van der Waals surface area (Å²) in [5.41, 5.74) is 2.48. The van der Waals surface area contributed by atoms with Crippen molar-refractivity contribution < 1.29 is 0 Å². The highest BCUT2D eigenvalue weighted by Crippen LogP contribution is 2.28. The molecular formula is C20H24N8O. The predicted octanol–water partition coefficient (Wildman–Crippen LogP) is 0.530. The summed E-state index contributed by atoms with van der Waals surface area (Å²) in [5.74, 6) is 1.77. The summed E-state index contributed by atoms with van der Waals surface area (Å²) in [6.07, 6.45) is 8.57. The van der Waals surface area contributed by atoms with Crippen molar-refractivity contribution in [3.63, 3.8) is 0 Å². The first-order valence-electron chi connectivity index (χ1n) is 10.2. The highest BCUT2D eigenvalue weighted by molar-refractivity contribution is 5.50. The zero-order valence-corrected chi connectivity index (χ0v) is 16.3. The molecule has 3 aromatic rings. The van der Waals surface area contributed by atoms with Gasteiger partial charge in [-0.15, -0.1) is 5.10 Å². The van der Waals surface area contributed by atoms with E-state index in [1.54, 1.807) is 29.3 Å². The molecule has 9 heteroatoms. The van der Waals surface area contributed by atoms with Gasteiger partial charge in [0.1, 0.15) is 12.1 Å². The fourth-order valence-electron chi connectivity index (χ4n) is 4.16. The molecule has 0 aromatic carbocycles. The average molecular weight is 392 g/mol. The summed E-state index contributed by atoms with van der Waals surface area (Å²) in [6.45, 7) is 5.15. The van der Waals surface area contributed by atoms with Gasteiger partial charge >= 0.3 is 0 Å². The van der Waals surface area contributed by atoms with Crippen LogP contribution in [0, 0.1) is 0 Å². The van der Waals surface area contributed by atoms with Gasteiger partial charge in [0, 0.05) is 62.4 Å². The largest absolute Gasteiger partial charge is 0.354 e. The van der Waals surface area contributed by atoms with E-state index in [1.807, 2.05) is 12.3 Å². The molecule has 5 rings (SSSR count). The zero-order chi connectivity index (χ0) is 19.6. The van der Waals surface area contributed by atoms with Gasteiger partial charge in [-0.3, -0.25) is 9.69 Å². The average Bonchev–Trinajstić information content (AvgIpc) is 3.45. The van der Waals surface area contributed by atoms with Crippen molar-refractivity contribution in [1.29, 1.82) is 0 Å². The van der Waals surface area contributed by atoms with Gasteiger partial charge in [-0.1, -0.05) is 0 Å². The molecule has 0 N–H and O–H groups in total. The molecule has 1 fully saturated rings. The van der Waals surface area contributed by atoms with E-state index in [2.05, 4.69) is 30.0 Å². The van der Waals surface area contributed by atoms with Crippen LogP contribution in [-0.2, 0) is 19.4 Å². The summed E-state index contributed by atoms with van der Waals surface area (Å²) in [5, 5.41) is 8.63. The second kappa shape index (κ2) is 7.75. The van der Waals surface area contributed by atoms with Gasteiger partial charge in [0.05, 0.1) is 6.54 Å². The molecule has 1 aliphatic heterocycles. The minimum atomic E-state index is -0.0870. The smallest absolute Gasteiger partial charge is 0.266 e. The van der Waals surface area contributed by atoms with Gasteiger partial charge in [-0.2, -0.15) is 5.10 Å². The van der Waals surface area contributed by atoms with Crippen molar-refractivity contribution >= 4 is 5.82 Å². The summed E-state index contributed by atoms with van der Waals surface area (Å²) < 4.78 is 3.19. The second-order valence-corrected chi connectivity index (χ2v) is 7.51. The minimum absolute atomic E-state index is 0.0870. The summed E-state index contributed by atoms with van der Waals surface area (Å²) in [6, 6.07) is 5.09. The highest BCUT2D eigenvalue weighted by atomic mass is 16.1. The highest BCUT2D eigenvalue weighted by Gasteiger charge is 2.24. The third kappa shape index (κ3) is 3.65. The molecule has 0 bridgehead atoms. The van der Waals surface area contributed by atoms with Gasteiger partial charge in [0.2, 0.25) is 0 Å². The van der Waals surface area contributed by atoms with Crippen LogP contribution in [0.2, 0.25) is 0 Å². The Morgan fingerprint density at radius 1 is 1.00 bits per heavy atom. The molecule has 1 saturated heterocycles. The number of piperazine rings is 1. The third-order valence-corrected chi connectivity index (χ3v) is 5.74. The van der Waals surface area contributed by atoms with Crippen LogP contribution in [0.1, 0.15) is 17.7 Å². The molecule has 0 amide bonds. The lowest BCUT2D eigenvalue weighted by atomic mass is 10.2. The first-order valence-corrected chi connectivity index (χ1v) is 10.2. The standard InChI is InChI=1S/C20H24N8O/c29-19-6-5-18(27-8-2-7-23-27)24-28(19)14-11-25-9-12-26(13-10-25)20-16-3-1-4-17(16)21-15-22-20/h2,5-8,15H,1,3-4,9-14H2. The molecule has 0 saturated carbocycles. The fourth-order valence-corrected chi connectivity index (χ4v) is 4.16. The van der Waals surface area contributed by atoms with Crippen LogP contribution in [0.15, 0.2) is 41.7 Å². The molecular weight excluding hydrogens is 368 g/mol. The molecule has 1 aliphatic carbocycles. The number of aryl methyl sites for hydroxylation is 1. The van der Waals surface area contributed by atoms with Crippen LogP contribution >= 0.6 is 0 Å². The summed E-state index contributed by atoms with van der Waals surface area (Å²) in [7, 11) is 0. The lowest BCUT2D eigenvalue weighted by molar-refractivity contribution is 0.242. The number of hydrogen-bond acceptors (Lipinski definition) is 7. The van der Waals surface area contributed by atoms with Crippen molar-refractivity contribution in [2.75, 3.05) is 37.6 Å². The minimum Gasteiger partial charge on any atom is -0.354 e. The van der Waals surface area contributed by atoms with E-state index in [0.717, 1.165) is 51.4 Å². The van der Waals surface area contributed by atoms with E-state index in [-0.39, 0.29) is 5.56 Å². The number of fused-ring (bicyclic) bond motifs is 1. The normalized spacial score (nSPS) is 16.9. The molecule has 0 spiro atoms. The third-order valence-electron chi connectivity index (χ3n) is 5.74. The Labute approximate surface area is 168 Å². The molecule has 4 heterocycles. The van der Waals surface area contributed by atoms with Crippen LogP contribution in [0.25, 0.3) is 5.82 Å². The maximum Gasteiger partial charge on any atom is 0.266 e. The first-order chi connectivity index (χ1) is 14.3. The lowest BCUT2D eigenvalue weighted by Gasteiger charge is -2.36. The maximum absolute atomic E-state index is 12.2. The van der Waals surface area contributed by atoms with Gasteiger partial charge in [0.25, 0.3) is 5.56 Å². The Kier molecular flexibility index (Phi) is 4.81. The van der Waals surface area contributed by atoms with Gasteiger partial charge in [0.15, 0.2) is 5.82 Å². The number of nitrogens with zero attached hydrogens (tertiary/aromatic N) is 8. The SMILES string of the molecule is O=c1ccc(-n2cccn2)nn1CCN1CCN(c2ncnc3c2CCC3)CC1. The van der Waals surface area contributed by atoms with E-state index in [9.17, 15) is 4.79 Å². The van der Waals surface area contributed by atoms with Crippen molar-refractivity contribution in [3.8, 4) is 5.82 Å². The summed E-state index contributed by atoms with van der Waals surface area (Å²) >= 11 is 0. The number of hydrogen-bond donors (Lipinski definition) is 0. The van der Waals surface area contributed by atoms with E-state index >= 15 is 0 Å². The molecule has 0 unspecified atom stereocenters. The molecule has 0 radical (unpaired) electrons. The second-order valence-electron chi connectivity index (χ2n) is 7.51. The molecule has 29 heavy (non-hydrogen) atoms. The van der Waals surface area contributed by atoms with Crippen LogP contribution in [0.5, 0.6) is 0 Å². The Bertz CT molecular complexity index is 1040. The van der Waals surface area contributed by atoms with Gasteiger partial charge in [-0.25, -0.2) is 19.3 Å². The Morgan fingerprint density at radius 2 is 1.90 bits per heavy atom.